The lowest BCUT2D eigenvalue weighted by Crippen LogP contribution is -2.42. The van der Waals surface area contributed by atoms with Crippen molar-refractivity contribution in [1.82, 2.24) is 9.35 Å². The third-order valence-corrected chi connectivity index (χ3v) is 6.57. The van der Waals surface area contributed by atoms with Gasteiger partial charge in [-0.25, -0.2) is 0 Å². The van der Waals surface area contributed by atoms with Gasteiger partial charge in [0.15, 0.2) is 16.5 Å². The van der Waals surface area contributed by atoms with Crippen LogP contribution in [0.15, 0.2) is 35.7 Å². The Morgan fingerprint density at radius 2 is 1.41 bits per heavy atom. The Labute approximate surface area is 107 Å². The highest BCUT2D eigenvalue weighted by Crippen LogP contribution is 2.45. The van der Waals surface area contributed by atoms with Crippen LogP contribution >= 0.6 is 0 Å². The Morgan fingerprint density at radius 3 is 1.76 bits per heavy atom. The Hall–Kier alpha value is -0.746. The average Bonchev–Trinajstić information content (AvgIpc) is 2.92. The van der Waals surface area contributed by atoms with Gasteiger partial charge in [0.2, 0.25) is 0 Å². The standard InChI is InChI=1S/C13H24N2Si2/c1-16(2,3)14-13(15(14)17(4,5)6)12-10-8-7-9-11-12/h7-10H,11H2,1-6H3. The molecule has 0 N–H and O–H groups in total. The fraction of sp³-hybridized carbons (Fsp3) is 0.538. The molecule has 0 aromatic carbocycles. The molecule has 1 saturated heterocycles. The van der Waals surface area contributed by atoms with Crippen molar-refractivity contribution < 1.29 is 0 Å². The molecule has 2 nitrogen and oxygen atoms in total. The third kappa shape index (κ3) is 2.42. The van der Waals surface area contributed by atoms with E-state index < -0.39 is 16.5 Å². The fourth-order valence-corrected chi connectivity index (χ4v) is 7.28. The quantitative estimate of drug-likeness (QED) is 0.551. The van der Waals surface area contributed by atoms with Crippen molar-refractivity contribution in [1.29, 1.82) is 0 Å². The summed E-state index contributed by atoms with van der Waals surface area (Å²) in [5, 5.41) is 0. The van der Waals surface area contributed by atoms with Crippen LogP contribution in [-0.2, 0) is 0 Å². The van der Waals surface area contributed by atoms with E-state index in [2.05, 4.69) is 72.9 Å². The van der Waals surface area contributed by atoms with Crippen LogP contribution in [-0.4, -0.2) is 25.8 Å². The van der Waals surface area contributed by atoms with Crippen LogP contribution in [0.25, 0.3) is 0 Å². The van der Waals surface area contributed by atoms with Crippen LogP contribution in [0.2, 0.25) is 39.3 Å². The maximum absolute atomic E-state index is 2.62. The summed E-state index contributed by atoms with van der Waals surface area (Å²) in [6.45, 7) is 14.6. The van der Waals surface area contributed by atoms with Crippen LogP contribution in [0.5, 0.6) is 0 Å². The zero-order valence-electron chi connectivity index (χ0n) is 11.9. The van der Waals surface area contributed by atoms with Gasteiger partial charge in [0.1, 0.15) is 5.82 Å². The molecule has 0 spiro atoms. The first-order valence-electron chi connectivity index (χ1n) is 6.39. The number of hydrogen-bond donors (Lipinski definition) is 0. The smallest absolute Gasteiger partial charge is 0.175 e. The summed E-state index contributed by atoms with van der Waals surface area (Å²) >= 11 is 0. The Morgan fingerprint density at radius 1 is 0.882 bits per heavy atom. The lowest BCUT2D eigenvalue weighted by Gasteiger charge is -2.25. The van der Waals surface area contributed by atoms with Crippen molar-refractivity contribution in [2.75, 3.05) is 0 Å². The van der Waals surface area contributed by atoms with Crippen molar-refractivity contribution in [3.63, 3.8) is 0 Å². The maximum Gasteiger partial charge on any atom is 0.175 e. The predicted molar refractivity (Wildman–Crippen MR) is 80.3 cm³/mol. The Balaban J connectivity index is 2.35. The molecule has 0 unspecified atom stereocenters. The van der Waals surface area contributed by atoms with Crippen LogP contribution in [0, 0.1) is 0 Å². The van der Waals surface area contributed by atoms with Crippen molar-refractivity contribution in [2.45, 2.75) is 45.7 Å². The van der Waals surface area contributed by atoms with E-state index in [0.29, 0.717) is 0 Å². The fourth-order valence-electron chi connectivity index (χ4n) is 2.33. The van der Waals surface area contributed by atoms with Gasteiger partial charge in [-0.1, -0.05) is 24.3 Å². The van der Waals surface area contributed by atoms with E-state index in [9.17, 15) is 0 Å². The molecule has 1 aliphatic carbocycles. The molecule has 0 aromatic heterocycles. The van der Waals surface area contributed by atoms with Gasteiger partial charge < -0.3 is 9.35 Å². The molecule has 0 radical (unpaired) electrons. The molecule has 2 rings (SSSR count). The summed E-state index contributed by atoms with van der Waals surface area (Å²) in [7, 11) is -2.53. The van der Waals surface area contributed by atoms with Crippen molar-refractivity contribution >= 4 is 16.5 Å². The molecule has 0 aromatic rings. The van der Waals surface area contributed by atoms with E-state index in [1.807, 2.05) is 0 Å². The summed E-state index contributed by atoms with van der Waals surface area (Å²) < 4.78 is 5.25. The SMILES string of the molecule is C[Si](C)(C)N1C(=C2C=CC=CC2)N1[Si](C)(C)C. The molecular weight excluding hydrogens is 240 g/mol. The van der Waals surface area contributed by atoms with Crippen LogP contribution in [0.1, 0.15) is 6.42 Å². The third-order valence-electron chi connectivity index (χ3n) is 3.00. The predicted octanol–water partition coefficient (Wildman–Crippen LogP) is 3.92. The lowest BCUT2D eigenvalue weighted by molar-refractivity contribution is 0.574. The molecule has 0 amide bonds. The molecule has 1 heterocycles. The summed E-state index contributed by atoms with van der Waals surface area (Å²) in [6.07, 6.45) is 9.93. The highest BCUT2D eigenvalue weighted by Gasteiger charge is 2.52. The highest BCUT2D eigenvalue weighted by molar-refractivity contribution is 6.79. The minimum Gasteiger partial charge on any atom is -0.307 e. The van der Waals surface area contributed by atoms with Crippen LogP contribution in [0.3, 0.4) is 0 Å². The molecule has 1 fully saturated rings. The zero-order chi connectivity index (χ0) is 12.8. The van der Waals surface area contributed by atoms with Gasteiger partial charge in [0.05, 0.1) is 0 Å². The normalized spacial score (nSPS) is 20.4. The summed E-state index contributed by atoms with van der Waals surface area (Å²) in [6, 6.07) is 0. The van der Waals surface area contributed by atoms with Crippen LogP contribution < -0.4 is 0 Å². The van der Waals surface area contributed by atoms with Crippen molar-refractivity contribution in [3.05, 3.63) is 35.7 Å². The van der Waals surface area contributed by atoms with Crippen LogP contribution in [0.4, 0.5) is 0 Å². The Bertz CT molecular complexity index is 386. The number of hydrogen-bond acceptors (Lipinski definition) is 2. The molecule has 4 heteroatoms. The monoisotopic (exact) mass is 264 g/mol. The largest absolute Gasteiger partial charge is 0.307 e. The first-order valence-corrected chi connectivity index (χ1v) is 13.3. The van der Waals surface area contributed by atoms with E-state index >= 15 is 0 Å². The first-order chi connectivity index (χ1) is 7.73. The van der Waals surface area contributed by atoms with E-state index in [0.717, 1.165) is 6.42 Å². The minimum absolute atomic E-state index is 1.09. The topological polar surface area (TPSA) is 6.02 Å². The van der Waals surface area contributed by atoms with Crippen molar-refractivity contribution in [2.24, 2.45) is 0 Å². The molecule has 2 aliphatic rings. The summed E-state index contributed by atoms with van der Waals surface area (Å²) in [5.41, 5.74) is 1.50. The number of nitrogens with zero attached hydrogens (tertiary/aromatic N) is 2. The zero-order valence-corrected chi connectivity index (χ0v) is 13.9. The molecule has 1 aliphatic heterocycles. The van der Waals surface area contributed by atoms with Gasteiger partial charge in [-0.3, -0.25) is 0 Å². The second-order valence-corrected chi connectivity index (χ2v) is 16.3. The molecule has 0 bridgehead atoms. The van der Waals surface area contributed by atoms with E-state index in [1.54, 1.807) is 0 Å². The van der Waals surface area contributed by atoms with Gasteiger partial charge in [-0.15, -0.1) is 0 Å². The molecule has 0 saturated carbocycles. The van der Waals surface area contributed by atoms with Gasteiger partial charge >= 0.3 is 0 Å². The first kappa shape index (κ1) is 12.7. The van der Waals surface area contributed by atoms with E-state index in [1.165, 1.54) is 11.4 Å². The Kier molecular flexibility index (Phi) is 2.90. The number of hydrazine groups is 1. The van der Waals surface area contributed by atoms with E-state index in [-0.39, 0.29) is 0 Å². The number of rotatable bonds is 2. The summed E-state index contributed by atoms with van der Waals surface area (Å²) in [4.78, 5) is 0. The molecule has 0 atom stereocenters. The lowest BCUT2D eigenvalue weighted by atomic mass is 10.1. The maximum atomic E-state index is 2.62. The summed E-state index contributed by atoms with van der Waals surface area (Å²) in [5.74, 6) is 1.52. The molecule has 17 heavy (non-hydrogen) atoms. The minimum atomic E-state index is -1.27. The highest BCUT2D eigenvalue weighted by atomic mass is 28.3. The number of allylic oxidation sites excluding steroid dienone is 5. The average molecular weight is 265 g/mol. The molecular formula is C13H24N2Si2. The molecule has 94 valence electrons. The van der Waals surface area contributed by atoms with Gasteiger partial charge in [0, 0.05) is 0 Å². The van der Waals surface area contributed by atoms with E-state index in [4.69, 9.17) is 0 Å². The van der Waals surface area contributed by atoms with Gasteiger partial charge in [-0.05, 0) is 51.3 Å². The van der Waals surface area contributed by atoms with Gasteiger partial charge in [-0.2, -0.15) is 0 Å². The van der Waals surface area contributed by atoms with Gasteiger partial charge in [0.25, 0.3) is 0 Å². The second-order valence-electron chi connectivity index (χ2n) is 6.81. The second kappa shape index (κ2) is 3.88. The van der Waals surface area contributed by atoms with Crippen molar-refractivity contribution in [3.8, 4) is 0 Å².